The molecule has 0 fully saturated rings. The molecule has 18 heteroatoms. The smallest absolute Gasteiger partial charge is 0.545 e. The zero-order valence-electron chi connectivity index (χ0n) is 22.3. The number of nitrogens with zero attached hydrogens (tertiary/aromatic N) is 3. The number of carbonyl (C=O) groups is 4. The second-order valence-corrected chi connectivity index (χ2v) is 7.04. The molecule has 1 aromatic heterocycles. The number of hydrogen-bond donors (Lipinski definition) is 3. The molecule has 188 valence electrons. The third kappa shape index (κ3) is 12.9. The average molecular weight is 595 g/mol. The van der Waals surface area contributed by atoms with Gasteiger partial charge in [-0.05, 0) is 47.5 Å². The Morgan fingerprint density at radius 2 is 0.854 bits per heavy atom. The van der Waals surface area contributed by atoms with Gasteiger partial charge in [0.25, 0.3) is 0 Å². The topological polar surface area (TPSA) is 243 Å². The van der Waals surface area contributed by atoms with Crippen LogP contribution in [-0.4, -0.2) is 43.9 Å². The van der Waals surface area contributed by atoms with Crippen molar-refractivity contribution in [2.45, 2.75) is 0 Å². The molecule has 0 aliphatic heterocycles. The number of anilines is 4. The van der Waals surface area contributed by atoms with Crippen LogP contribution in [0.4, 0.5) is 23.3 Å². The van der Waals surface area contributed by atoms with Crippen molar-refractivity contribution in [1.82, 2.24) is 15.0 Å². The molecule has 3 N–H and O–H groups in total. The van der Waals surface area contributed by atoms with Crippen LogP contribution in [0.3, 0.4) is 0 Å². The molecule has 0 saturated carbocycles. The van der Waals surface area contributed by atoms with Crippen LogP contribution in [0.25, 0.3) is 12.2 Å². The summed E-state index contributed by atoms with van der Waals surface area (Å²) in [6, 6.07) is 10.8. The maximum absolute atomic E-state index is 10.8. The van der Waals surface area contributed by atoms with Gasteiger partial charge in [0.1, 0.15) is 0 Å². The number of carboxylic acid groups (broad SMARTS) is 4. The number of hydrogen-bond acceptors (Lipinski definition) is 14. The largest absolute Gasteiger partial charge is 1.00 e. The molecule has 41 heavy (non-hydrogen) atoms. The van der Waals surface area contributed by atoms with Crippen molar-refractivity contribution in [2.75, 3.05) is 10.6 Å². The van der Waals surface area contributed by atoms with Crippen molar-refractivity contribution in [2.24, 2.45) is 0 Å². The first kappa shape index (κ1) is 41.3. The van der Waals surface area contributed by atoms with E-state index in [9.17, 15) is 44.7 Å². The molecule has 0 unspecified atom stereocenters. The Labute approximate surface area is 320 Å². The first-order valence-electron chi connectivity index (χ1n) is 10.00. The standard InChI is InChI=1S/C23H17N5O9.4Na/c29-17(30)15(18(31)32)9-11-1-5-13(6-2-11)24-21-26-22(28-23(37)27-21)25-14-7-3-12(4-8-14)10-16(19(33)34)20(35)36;;;;/h1-10H,(H,29,30)(H,31,32)(H,33,34)(H,35,36)(H3,24,25,26,27,28,37);;;;/q;4*+1/p-4. The molecule has 0 radical (unpaired) electrons. The molecule has 0 aliphatic rings. The molecule has 14 nitrogen and oxygen atoms in total. The van der Waals surface area contributed by atoms with Gasteiger partial charge in [0.15, 0.2) is 0 Å². The third-order valence-electron chi connectivity index (χ3n) is 4.46. The number of aromatic hydroxyl groups is 1. The van der Waals surface area contributed by atoms with E-state index in [1.165, 1.54) is 48.5 Å². The van der Waals surface area contributed by atoms with E-state index in [0.29, 0.717) is 11.4 Å². The fourth-order valence-corrected chi connectivity index (χ4v) is 2.80. The first-order valence-corrected chi connectivity index (χ1v) is 10.00. The van der Waals surface area contributed by atoms with Gasteiger partial charge < -0.3 is 55.3 Å². The Morgan fingerprint density at radius 1 is 0.561 bits per heavy atom. The quantitative estimate of drug-likeness (QED) is 0.0853. The number of rotatable bonds is 10. The van der Waals surface area contributed by atoms with Gasteiger partial charge >= 0.3 is 124 Å². The Bertz CT molecular complexity index is 1310. The van der Waals surface area contributed by atoms with Crippen LogP contribution in [0.15, 0.2) is 59.7 Å². The number of carboxylic acids is 4. The summed E-state index contributed by atoms with van der Waals surface area (Å²) in [4.78, 5) is 54.9. The Hall–Kier alpha value is -1.79. The Morgan fingerprint density at radius 3 is 1.12 bits per heavy atom. The number of aromatic nitrogens is 3. The molecule has 0 aliphatic carbocycles. The first-order chi connectivity index (χ1) is 17.5. The van der Waals surface area contributed by atoms with E-state index < -0.39 is 41.0 Å². The van der Waals surface area contributed by atoms with Gasteiger partial charge in [0.05, 0.1) is 23.9 Å². The van der Waals surface area contributed by atoms with E-state index in [-0.39, 0.29) is 141 Å². The summed E-state index contributed by atoms with van der Waals surface area (Å²) in [7, 11) is 0. The summed E-state index contributed by atoms with van der Waals surface area (Å²) in [6.45, 7) is 0. The van der Waals surface area contributed by atoms with E-state index in [1.807, 2.05) is 0 Å². The minimum Gasteiger partial charge on any atom is -0.545 e. The summed E-state index contributed by atoms with van der Waals surface area (Å²) < 4.78 is 0. The van der Waals surface area contributed by atoms with Crippen LogP contribution in [0.5, 0.6) is 6.01 Å². The number of benzene rings is 2. The van der Waals surface area contributed by atoms with E-state index in [2.05, 4.69) is 25.6 Å². The van der Waals surface area contributed by atoms with E-state index in [1.54, 1.807) is 0 Å². The number of nitrogens with one attached hydrogen (secondary N) is 2. The third-order valence-corrected chi connectivity index (χ3v) is 4.46. The van der Waals surface area contributed by atoms with Crippen molar-refractivity contribution >= 4 is 59.3 Å². The molecular weight excluding hydrogens is 582 g/mol. The summed E-state index contributed by atoms with van der Waals surface area (Å²) in [5, 5.41) is 58.8. The summed E-state index contributed by atoms with van der Waals surface area (Å²) in [5.74, 6) is -7.75. The van der Waals surface area contributed by atoms with Crippen LogP contribution in [-0.2, 0) is 19.2 Å². The van der Waals surface area contributed by atoms with Crippen LogP contribution < -0.4 is 149 Å². The molecule has 0 amide bonds. The van der Waals surface area contributed by atoms with Crippen molar-refractivity contribution in [3.8, 4) is 6.01 Å². The second-order valence-electron chi connectivity index (χ2n) is 7.04. The van der Waals surface area contributed by atoms with Crippen molar-refractivity contribution in [3.63, 3.8) is 0 Å². The molecule has 0 spiro atoms. The minimum atomic E-state index is -1.89. The summed E-state index contributed by atoms with van der Waals surface area (Å²) >= 11 is 0. The van der Waals surface area contributed by atoms with Gasteiger partial charge in [-0.2, -0.15) is 15.0 Å². The van der Waals surface area contributed by atoms with Gasteiger partial charge in [-0.15, -0.1) is 0 Å². The predicted octanol–water partition coefficient (Wildman–Crippen LogP) is -15.2. The SMILES string of the molecule is O=C([O-])C(=Cc1ccc(Nc2nc(O)nc(Nc3ccc(C=C(C(=O)[O-])C(=O)[O-])cc3)n2)cc1)C(=O)[O-].[Na+].[Na+].[Na+].[Na+]. The maximum Gasteiger partial charge on any atom is 1.00 e. The van der Waals surface area contributed by atoms with Crippen LogP contribution in [0.2, 0.25) is 0 Å². The molecule has 0 atom stereocenters. The van der Waals surface area contributed by atoms with Gasteiger partial charge in [-0.3, -0.25) is 0 Å². The van der Waals surface area contributed by atoms with Crippen LogP contribution >= 0.6 is 0 Å². The van der Waals surface area contributed by atoms with Gasteiger partial charge in [0.2, 0.25) is 11.9 Å². The van der Waals surface area contributed by atoms with Crippen LogP contribution in [0.1, 0.15) is 11.1 Å². The van der Waals surface area contributed by atoms with Crippen molar-refractivity contribution in [1.29, 1.82) is 0 Å². The molecule has 2 aromatic carbocycles. The predicted molar refractivity (Wildman–Crippen MR) is 117 cm³/mol. The minimum absolute atomic E-state index is 0. The normalized spacial score (nSPS) is 9.07. The molecule has 0 saturated heterocycles. The number of carbonyl (C=O) groups excluding carboxylic acids is 4. The van der Waals surface area contributed by atoms with E-state index in [0.717, 1.165) is 12.2 Å². The van der Waals surface area contributed by atoms with Gasteiger partial charge in [-0.1, -0.05) is 24.3 Å². The van der Waals surface area contributed by atoms with Gasteiger partial charge in [0, 0.05) is 22.5 Å². The maximum atomic E-state index is 10.8. The monoisotopic (exact) mass is 595 g/mol. The fourth-order valence-electron chi connectivity index (χ4n) is 2.80. The van der Waals surface area contributed by atoms with Crippen LogP contribution in [0, 0.1) is 0 Å². The summed E-state index contributed by atoms with van der Waals surface area (Å²) in [5.41, 5.74) is -0.795. The molecule has 0 bridgehead atoms. The average Bonchev–Trinajstić information content (AvgIpc) is 2.81. The van der Waals surface area contributed by atoms with Gasteiger partial charge in [-0.25, -0.2) is 0 Å². The molecule has 1 heterocycles. The summed E-state index contributed by atoms with van der Waals surface area (Å²) in [6.07, 6.45) is 1.73. The zero-order chi connectivity index (χ0) is 27.1. The van der Waals surface area contributed by atoms with Crippen molar-refractivity contribution in [3.05, 3.63) is 70.8 Å². The van der Waals surface area contributed by atoms with E-state index >= 15 is 0 Å². The number of aliphatic carboxylic acids is 4. The molecule has 3 aromatic rings. The second kappa shape index (κ2) is 19.4. The Balaban J connectivity index is 0. The molecular formula is C23H13N5Na4O9. The van der Waals surface area contributed by atoms with Crippen molar-refractivity contribution < 1.29 is 163 Å². The fraction of sp³-hybridized carbons (Fsp3) is 0. The Kier molecular flexibility index (Phi) is 19.6. The molecule has 3 rings (SSSR count). The van der Waals surface area contributed by atoms with E-state index in [4.69, 9.17) is 0 Å². The zero-order valence-corrected chi connectivity index (χ0v) is 30.3.